The molecule has 0 aliphatic carbocycles. The van der Waals surface area contributed by atoms with Gasteiger partial charge in [0.05, 0.1) is 6.61 Å². The number of ether oxygens (including phenoxy) is 1. The summed E-state index contributed by atoms with van der Waals surface area (Å²) < 4.78 is 5.50. The number of rotatable bonds is 6. The van der Waals surface area contributed by atoms with Crippen LogP contribution in [0.1, 0.15) is 36.8 Å². The summed E-state index contributed by atoms with van der Waals surface area (Å²) in [7, 11) is 3.98. The van der Waals surface area contributed by atoms with Gasteiger partial charge in [-0.3, -0.25) is 9.89 Å². The molecule has 0 amide bonds. The first-order chi connectivity index (χ1) is 12.8. The highest BCUT2D eigenvalue weighted by Crippen LogP contribution is 2.17. The third kappa shape index (κ3) is 6.91. The highest BCUT2D eigenvalue weighted by atomic mass is 127. The average Bonchev–Trinajstić information content (AvgIpc) is 3.17. The van der Waals surface area contributed by atoms with Crippen molar-refractivity contribution in [3.8, 4) is 0 Å². The van der Waals surface area contributed by atoms with Crippen LogP contribution in [0.5, 0.6) is 0 Å². The van der Waals surface area contributed by atoms with Crippen molar-refractivity contribution in [1.82, 2.24) is 15.1 Å². The summed E-state index contributed by atoms with van der Waals surface area (Å²) in [5, 5.41) is 3.55. The SMILES string of the molecule is CN=C(NCc1ccccc1CN1CCCCC1)N(C)CC1CCOC1.I. The minimum atomic E-state index is 0. The van der Waals surface area contributed by atoms with Gasteiger partial charge in [-0.05, 0) is 43.5 Å². The Morgan fingerprint density at radius 3 is 2.63 bits per heavy atom. The second-order valence-corrected chi connectivity index (χ2v) is 7.62. The van der Waals surface area contributed by atoms with Gasteiger partial charge in [0, 0.05) is 46.3 Å². The molecule has 6 heteroatoms. The van der Waals surface area contributed by atoms with E-state index in [1.165, 1.54) is 43.5 Å². The minimum absolute atomic E-state index is 0. The first-order valence-electron chi connectivity index (χ1n) is 10.0. The van der Waals surface area contributed by atoms with E-state index >= 15 is 0 Å². The predicted molar refractivity (Wildman–Crippen MR) is 123 cm³/mol. The van der Waals surface area contributed by atoms with Crippen molar-refractivity contribution in [1.29, 1.82) is 0 Å². The van der Waals surface area contributed by atoms with E-state index in [2.05, 4.69) is 51.4 Å². The largest absolute Gasteiger partial charge is 0.381 e. The summed E-state index contributed by atoms with van der Waals surface area (Å²) in [6, 6.07) is 8.81. The molecule has 5 nitrogen and oxygen atoms in total. The van der Waals surface area contributed by atoms with Gasteiger partial charge in [-0.1, -0.05) is 30.7 Å². The van der Waals surface area contributed by atoms with Crippen LogP contribution in [0.2, 0.25) is 0 Å². The summed E-state index contributed by atoms with van der Waals surface area (Å²) in [6.45, 7) is 7.11. The van der Waals surface area contributed by atoms with Crippen molar-refractivity contribution in [2.75, 3.05) is 46.9 Å². The van der Waals surface area contributed by atoms with E-state index in [1.54, 1.807) is 0 Å². The summed E-state index contributed by atoms with van der Waals surface area (Å²) in [5.41, 5.74) is 2.81. The molecular formula is C21H35IN4O. The van der Waals surface area contributed by atoms with Gasteiger partial charge >= 0.3 is 0 Å². The monoisotopic (exact) mass is 486 g/mol. The third-order valence-electron chi connectivity index (χ3n) is 5.53. The number of guanidine groups is 1. The second-order valence-electron chi connectivity index (χ2n) is 7.62. The first kappa shape index (κ1) is 22.4. The van der Waals surface area contributed by atoms with Gasteiger partial charge in [-0.2, -0.15) is 0 Å². The maximum Gasteiger partial charge on any atom is 0.193 e. The second kappa shape index (κ2) is 11.9. The van der Waals surface area contributed by atoms with Crippen molar-refractivity contribution in [3.05, 3.63) is 35.4 Å². The number of hydrogen-bond acceptors (Lipinski definition) is 3. The molecule has 0 bridgehead atoms. The number of halogens is 1. The summed E-state index contributed by atoms with van der Waals surface area (Å²) in [4.78, 5) is 9.29. The molecule has 2 heterocycles. The topological polar surface area (TPSA) is 40.1 Å². The van der Waals surface area contributed by atoms with Crippen molar-refractivity contribution >= 4 is 29.9 Å². The van der Waals surface area contributed by atoms with Crippen LogP contribution in [0.4, 0.5) is 0 Å². The van der Waals surface area contributed by atoms with Crippen LogP contribution in [0, 0.1) is 5.92 Å². The van der Waals surface area contributed by atoms with Gasteiger partial charge in [-0.15, -0.1) is 24.0 Å². The fourth-order valence-electron chi connectivity index (χ4n) is 4.00. The number of hydrogen-bond donors (Lipinski definition) is 1. The summed E-state index contributed by atoms with van der Waals surface area (Å²) >= 11 is 0. The number of nitrogens with zero attached hydrogens (tertiary/aromatic N) is 3. The molecule has 2 fully saturated rings. The highest BCUT2D eigenvalue weighted by molar-refractivity contribution is 14.0. The van der Waals surface area contributed by atoms with Crippen molar-refractivity contribution < 1.29 is 4.74 Å². The van der Waals surface area contributed by atoms with E-state index in [0.717, 1.165) is 45.2 Å². The molecule has 2 aliphatic heterocycles. The molecule has 0 radical (unpaired) electrons. The number of benzene rings is 1. The zero-order valence-corrected chi connectivity index (χ0v) is 19.2. The third-order valence-corrected chi connectivity index (χ3v) is 5.53. The van der Waals surface area contributed by atoms with Crippen LogP contribution in [0.15, 0.2) is 29.3 Å². The Kier molecular flexibility index (Phi) is 9.86. The summed E-state index contributed by atoms with van der Waals surface area (Å²) in [6.07, 6.45) is 5.21. The molecule has 2 aliphatic rings. The Morgan fingerprint density at radius 1 is 1.22 bits per heavy atom. The Hall–Kier alpha value is -0.860. The van der Waals surface area contributed by atoms with Crippen LogP contribution in [-0.2, 0) is 17.8 Å². The lowest BCUT2D eigenvalue weighted by molar-refractivity contribution is 0.181. The van der Waals surface area contributed by atoms with E-state index in [9.17, 15) is 0 Å². The molecule has 27 heavy (non-hydrogen) atoms. The molecule has 0 spiro atoms. The van der Waals surface area contributed by atoms with Crippen LogP contribution < -0.4 is 5.32 Å². The van der Waals surface area contributed by atoms with Crippen LogP contribution in [0.3, 0.4) is 0 Å². The Balaban J connectivity index is 0.00000261. The van der Waals surface area contributed by atoms with Crippen LogP contribution in [0.25, 0.3) is 0 Å². The first-order valence-corrected chi connectivity index (χ1v) is 10.0. The molecule has 1 atom stereocenters. The maximum absolute atomic E-state index is 5.50. The van der Waals surface area contributed by atoms with Crippen molar-refractivity contribution in [2.24, 2.45) is 10.9 Å². The van der Waals surface area contributed by atoms with Gasteiger partial charge in [0.1, 0.15) is 0 Å². The number of nitrogens with one attached hydrogen (secondary N) is 1. The van der Waals surface area contributed by atoms with E-state index in [-0.39, 0.29) is 24.0 Å². The Morgan fingerprint density at radius 2 is 1.96 bits per heavy atom. The average molecular weight is 486 g/mol. The van der Waals surface area contributed by atoms with Crippen molar-refractivity contribution in [2.45, 2.75) is 38.8 Å². The lowest BCUT2D eigenvalue weighted by Gasteiger charge is -2.28. The van der Waals surface area contributed by atoms with Gasteiger partial charge < -0.3 is 15.0 Å². The molecule has 1 aromatic rings. The normalized spacial score (nSPS) is 21.0. The van der Waals surface area contributed by atoms with E-state index in [0.29, 0.717) is 5.92 Å². The molecule has 0 saturated carbocycles. The van der Waals surface area contributed by atoms with Gasteiger partial charge in [-0.25, -0.2) is 0 Å². The molecule has 1 aromatic carbocycles. The molecule has 0 aromatic heterocycles. The minimum Gasteiger partial charge on any atom is -0.381 e. The molecule has 152 valence electrons. The smallest absolute Gasteiger partial charge is 0.193 e. The van der Waals surface area contributed by atoms with Gasteiger partial charge in [0.15, 0.2) is 5.96 Å². The molecule has 3 rings (SSSR count). The van der Waals surface area contributed by atoms with Gasteiger partial charge in [0.2, 0.25) is 0 Å². The maximum atomic E-state index is 5.50. The number of piperidine rings is 1. The van der Waals surface area contributed by atoms with Crippen LogP contribution in [-0.4, -0.2) is 62.7 Å². The summed E-state index contributed by atoms with van der Waals surface area (Å²) in [5.74, 6) is 1.58. The van der Waals surface area contributed by atoms with Crippen molar-refractivity contribution in [3.63, 3.8) is 0 Å². The van der Waals surface area contributed by atoms with Crippen LogP contribution >= 0.6 is 24.0 Å². The molecule has 1 N–H and O–H groups in total. The quantitative estimate of drug-likeness (QED) is 0.381. The molecule has 2 saturated heterocycles. The standard InChI is InChI=1S/C21H34N4O.HI/c1-22-21(24(2)15-18-10-13-26-17-18)23-14-19-8-4-5-9-20(19)16-25-11-6-3-7-12-25;/h4-5,8-9,18H,3,6-7,10-17H2,1-2H3,(H,22,23);1H. The Labute approximate surface area is 181 Å². The van der Waals surface area contributed by atoms with E-state index < -0.39 is 0 Å². The zero-order valence-electron chi connectivity index (χ0n) is 16.8. The predicted octanol–water partition coefficient (Wildman–Crippen LogP) is 3.33. The van der Waals surface area contributed by atoms with Gasteiger partial charge in [0.25, 0.3) is 0 Å². The lowest BCUT2D eigenvalue weighted by atomic mass is 10.0. The van der Waals surface area contributed by atoms with E-state index in [4.69, 9.17) is 4.74 Å². The molecule has 1 unspecified atom stereocenters. The number of aliphatic imine (C=N–C) groups is 1. The lowest BCUT2D eigenvalue weighted by Crippen LogP contribution is -2.41. The zero-order chi connectivity index (χ0) is 18.2. The number of likely N-dealkylation sites (tertiary alicyclic amines) is 1. The fraction of sp³-hybridized carbons (Fsp3) is 0.667. The fourth-order valence-corrected chi connectivity index (χ4v) is 4.00. The highest BCUT2D eigenvalue weighted by Gasteiger charge is 2.19. The Bertz CT molecular complexity index is 583. The van der Waals surface area contributed by atoms with E-state index in [1.807, 2.05) is 7.05 Å². The molecular weight excluding hydrogens is 451 g/mol.